The zero-order valence-electron chi connectivity index (χ0n) is 21.2. The Hall–Kier alpha value is -3.02. The molecule has 0 saturated heterocycles. The summed E-state index contributed by atoms with van der Waals surface area (Å²) in [4.78, 5) is 30.1. The number of fused-ring (bicyclic) bond motifs is 1. The summed E-state index contributed by atoms with van der Waals surface area (Å²) < 4.78 is 40.7. The smallest absolute Gasteiger partial charge is 0.326 e. The average molecular weight is 546 g/mol. The third kappa shape index (κ3) is 5.78. The van der Waals surface area contributed by atoms with Crippen molar-refractivity contribution in [3.8, 4) is 5.75 Å². The number of carbonyl (C=O) groups is 2. The zero-order chi connectivity index (χ0) is 26.6. The van der Waals surface area contributed by atoms with E-state index in [2.05, 4.69) is 4.99 Å². The van der Waals surface area contributed by atoms with Crippen LogP contribution in [0.15, 0.2) is 52.4 Å². The molecule has 0 spiro atoms. The van der Waals surface area contributed by atoms with Crippen LogP contribution in [0.25, 0.3) is 10.2 Å². The highest BCUT2D eigenvalue weighted by Crippen LogP contribution is 2.28. The summed E-state index contributed by atoms with van der Waals surface area (Å²) in [6.45, 7) is 1.82. The normalized spacial score (nSPS) is 15.3. The molecule has 198 valence electrons. The van der Waals surface area contributed by atoms with E-state index in [-0.39, 0.29) is 29.7 Å². The van der Waals surface area contributed by atoms with Crippen LogP contribution in [0.2, 0.25) is 0 Å². The van der Waals surface area contributed by atoms with Crippen molar-refractivity contribution < 1.29 is 27.5 Å². The molecule has 37 heavy (non-hydrogen) atoms. The SMILES string of the molecule is CCOC(=O)Cn1c(=NC(=O)c2ccc(S(=O)(=O)N(C)C3CCCCC3)cc2)sc2cccc(OC)c21. The van der Waals surface area contributed by atoms with Gasteiger partial charge in [-0.1, -0.05) is 36.7 Å². The molecule has 2 aromatic carbocycles. The summed E-state index contributed by atoms with van der Waals surface area (Å²) in [5.41, 5.74) is 0.883. The van der Waals surface area contributed by atoms with Crippen molar-refractivity contribution in [1.29, 1.82) is 0 Å². The van der Waals surface area contributed by atoms with Gasteiger partial charge in [-0.15, -0.1) is 0 Å². The van der Waals surface area contributed by atoms with Gasteiger partial charge < -0.3 is 14.0 Å². The molecule has 1 heterocycles. The first kappa shape index (κ1) is 27.0. The fraction of sp³-hybridized carbons (Fsp3) is 0.423. The summed E-state index contributed by atoms with van der Waals surface area (Å²) in [6, 6.07) is 11.3. The number of thiazole rings is 1. The number of hydrogen-bond donors (Lipinski definition) is 0. The number of esters is 1. The lowest BCUT2D eigenvalue weighted by atomic mass is 9.96. The highest BCUT2D eigenvalue weighted by molar-refractivity contribution is 7.89. The van der Waals surface area contributed by atoms with Crippen LogP contribution in [0.3, 0.4) is 0 Å². The Labute approximate surface area is 220 Å². The maximum atomic E-state index is 13.1. The quantitative estimate of drug-likeness (QED) is 0.397. The number of hydrogen-bond acceptors (Lipinski definition) is 7. The fourth-order valence-electron chi connectivity index (χ4n) is 4.56. The summed E-state index contributed by atoms with van der Waals surface area (Å²) in [6.07, 6.45) is 4.91. The van der Waals surface area contributed by atoms with Crippen molar-refractivity contribution in [2.75, 3.05) is 20.8 Å². The molecule has 0 aliphatic heterocycles. The largest absolute Gasteiger partial charge is 0.495 e. The maximum absolute atomic E-state index is 13.1. The Morgan fingerprint density at radius 2 is 1.81 bits per heavy atom. The van der Waals surface area contributed by atoms with Crippen LogP contribution in [-0.4, -0.2) is 56.0 Å². The Bertz CT molecular complexity index is 1450. The predicted octanol–water partition coefficient (Wildman–Crippen LogP) is 3.97. The van der Waals surface area contributed by atoms with E-state index in [1.165, 1.54) is 47.0 Å². The van der Waals surface area contributed by atoms with E-state index < -0.39 is 21.9 Å². The Morgan fingerprint density at radius 1 is 1.11 bits per heavy atom. The van der Waals surface area contributed by atoms with Gasteiger partial charge in [-0.2, -0.15) is 9.30 Å². The number of aromatic nitrogens is 1. The minimum atomic E-state index is -3.67. The molecule has 1 fully saturated rings. The van der Waals surface area contributed by atoms with Gasteiger partial charge in [0, 0.05) is 18.7 Å². The number of ether oxygens (including phenoxy) is 2. The predicted molar refractivity (Wildman–Crippen MR) is 141 cm³/mol. The molecule has 1 aromatic heterocycles. The van der Waals surface area contributed by atoms with Crippen LogP contribution in [0.1, 0.15) is 49.4 Å². The van der Waals surface area contributed by atoms with Crippen molar-refractivity contribution in [3.63, 3.8) is 0 Å². The first-order valence-electron chi connectivity index (χ1n) is 12.3. The van der Waals surface area contributed by atoms with Crippen LogP contribution >= 0.6 is 11.3 Å². The Kier molecular flexibility index (Phi) is 8.46. The number of benzene rings is 2. The minimum Gasteiger partial charge on any atom is -0.495 e. The Morgan fingerprint density at radius 3 is 2.46 bits per heavy atom. The van der Waals surface area contributed by atoms with Gasteiger partial charge in [0.1, 0.15) is 17.8 Å². The van der Waals surface area contributed by atoms with Gasteiger partial charge in [-0.25, -0.2) is 8.42 Å². The number of rotatable bonds is 8. The second-order valence-corrected chi connectivity index (χ2v) is 11.8. The molecular formula is C26H31N3O6S2. The lowest BCUT2D eigenvalue weighted by Gasteiger charge is -2.30. The van der Waals surface area contributed by atoms with Gasteiger partial charge in [0.05, 0.1) is 23.3 Å². The molecular weight excluding hydrogens is 514 g/mol. The lowest BCUT2D eigenvalue weighted by molar-refractivity contribution is -0.143. The highest BCUT2D eigenvalue weighted by atomic mass is 32.2. The number of sulfonamides is 1. The Balaban J connectivity index is 1.65. The number of nitrogens with zero attached hydrogens (tertiary/aromatic N) is 3. The van der Waals surface area contributed by atoms with E-state index in [9.17, 15) is 18.0 Å². The van der Waals surface area contributed by atoms with E-state index in [1.54, 1.807) is 24.6 Å². The molecule has 9 nitrogen and oxygen atoms in total. The minimum absolute atomic E-state index is 0.00476. The topological polar surface area (TPSA) is 107 Å². The molecule has 4 rings (SSSR count). The lowest BCUT2D eigenvalue weighted by Crippen LogP contribution is -2.38. The standard InChI is InChI=1S/C26H31N3O6S2/c1-4-35-23(30)17-29-24-21(34-3)11-8-12-22(24)36-26(29)27-25(31)18-13-15-20(16-14-18)37(32,33)28(2)19-9-6-5-7-10-19/h8,11-16,19H,4-7,9-10,17H2,1-3H3. The van der Waals surface area contributed by atoms with E-state index in [0.29, 0.717) is 16.1 Å². The number of methoxy groups -OCH3 is 1. The number of amides is 1. The monoisotopic (exact) mass is 545 g/mol. The van der Waals surface area contributed by atoms with Crippen LogP contribution in [0.5, 0.6) is 5.75 Å². The molecule has 11 heteroatoms. The molecule has 0 bridgehead atoms. The van der Waals surface area contributed by atoms with Gasteiger partial charge in [-0.3, -0.25) is 9.59 Å². The summed E-state index contributed by atoms with van der Waals surface area (Å²) in [5.74, 6) is -0.463. The summed E-state index contributed by atoms with van der Waals surface area (Å²) >= 11 is 1.25. The third-order valence-corrected chi connectivity index (χ3v) is 9.51. The molecule has 1 aliphatic carbocycles. The number of carbonyl (C=O) groups excluding carboxylic acids is 2. The van der Waals surface area contributed by atoms with E-state index in [1.807, 2.05) is 12.1 Å². The molecule has 1 aliphatic rings. The summed E-state index contributed by atoms with van der Waals surface area (Å²) in [5, 5.41) is 0. The molecule has 1 saturated carbocycles. The molecule has 0 N–H and O–H groups in total. The second kappa shape index (κ2) is 11.6. The van der Waals surface area contributed by atoms with Gasteiger partial charge >= 0.3 is 5.97 Å². The second-order valence-electron chi connectivity index (χ2n) is 8.84. The van der Waals surface area contributed by atoms with Gasteiger partial charge in [0.25, 0.3) is 5.91 Å². The highest BCUT2D eigenvalue weighted by Gasteiger charge is 2.29. The van der Waals surface area contributed by atoms with Crippen LogP contribution in [0.4, 0.5) is 0 Å². The van der Waals surface area contributed by atoms with Crippen LogP contribution < -0.4 is 9.54 Å². The molecule has 0 radical (unpaired) electrons. The maximum Gasteiger partial charge on any atom is 0.326 e. The first-order chi connectivity index (χ1) is 17.8. The molecule has 3 aromatic rings. The number of para-hydroxylation sites is 1. The van der Waals surface area contributed by atoms with E-state index >= 15 is 0 Å². The molecule has 1 amide bonds. The van der Waals surface area contributed by atoms with Gasteiger partial charge in [0.2, 0.25) is 10.0 Å². The van der Waals surface area contributed by atoms with Crippen LogP contribution in [0, 0.1) is 0 Å². The summed E-state index contributed by atoms with van der Waals surface area (Å²) in [7, 11) is -0.512. The van der Waals surface area contributed by atoms with E-state index in [0.717, 1.165) is 36.8 Å². The van der Waals surface area contributed by atoms with Crippen molar-refractivity contribution in [2.24, 2.45) is 4.99 Å². The van der Waals surface area contributed by atoms with E-state index in [4.69, 9.17) is 9.47 Å². The fourth-order valence-corrected chi connectivity index (χ4v) is 7.02. The first-order valence-corrected chi connectivity index (χ1v) is 14.5. The van der Waals surface area contributed by atoms with Gasteiger partial charge in [-0.05, 0) is 56.2 Å². The average Bonchev–Trinajstić information content (AvgIpc) is 3.25. The molecule has 0 unspecified atom stereocenters. The van der Waals surface area contributed by atoms with Crippen molar-refractivity contribution in [3.05, 3.63) is 52.8 Å². The molecule has 0 atom stereocenters. The van der Waals surface area contributed by atoms with Crippen molar-refractivity contribution >= 4 is 43.5 Å². The van der Waals surface area contributed by atoms with Crippen LogP contribution in [-0.2, 0) is 26.1 Å². The van der Waals surface area contributed by atoms with Crippen molar-refractivity contribution in [1.82, 2.24) is 8.87 Å². The third-order valence-electron chi connectivity index (χ3n) is 6.54. The zero-order valence-corrected chi connectivity index (χ0v) is 22.8. The van der Waals surface area contributed by atoms with Gasteiger partial charge in [0.15, 0.2) is 4.80 Å². The van der Waals surface area contributed by atoms with Crippen molar-refractivity contribution in [2.45, 2.75) is 56.5 Å².